The van der Waals surface area contributed by atoms with Gasteiger partial charge in [0, 0.05) is 24.7 Å². The Hall–Kier alpha value is -3.73. The Balaban J connectivity index is 2.25. The van der Waals surface area contributed by atoms with Crippen LogP contribution in [0, 0.1) is 5.92 Å². The van der Waals surface area contributed by atoms with Crippen molar-refractivity contribution in [3.05, 3.63) is 54.1 Å². The molecule has 0 aliphatic rings. The molecule has 35 heavy (non-hydrogen) atoms. The highest BCUT2D eigenvalue weighted by molar-refractivity contribution is 5.94. The van der Waals surface area contributed by atoms with E-state index in [4.69, 9.17) is 5.73 Å². The molecule has 11 nitrogen and oxygen atoms in total. The maximum Gasteiger partial charge on any atom is 0.326 e. The average Bonchev–Trinajstić information content (AvgIpc) is 3.31. The first kappa shape index (κ1) is 27.5. The van der Waals surface area contributed by atoms with Crippen molar-refractivity contribution < 1.29 is 24.3 Å². The van der Waals surface area contributed by atoms with Crippen molar-refractivity contribution in [3.63, 3.8) is 0 Å². The Labute approximate surface area is 204 Å². The molecule has 4 unspecified atom stereocenters. The number of carboxylic acids is 1. The number of aromatic nitrogens is 2. The molecular formula is C24H34N6O5. The molecule has 4 atom stereocenters. The van der Waals surface area contributed by atoms with E-state index >= 15 is 0 Å². The number of carbonyl (C=O) groups is 4. The summed E-state index contributed by atoms with van der Waals surface area (Å²) in [5.41, 5.74) is 7.02. The fourth-order valence-electron chi connectivity index (χ4n) is 3.43. The third kappa shape index (κ3) is 9.20. The smallest absolute Gasteiger partial charge is 0.326 e. The van der Waals surface area contributed by atoms with Crippen molar-refractivity contribution in [3.8, 4) is 0 Å². The lowest BCUT2D eigenvalue weighted by Gasteiger charge is -2.25. The lowest BCUT2D eigenvalue weighted by atomic mass is 10.0. The van der Waals surface area contributed by atoms with E-state index in [-0.39, 0.29) is 25.2 Å². The molecule has 0 fully saturated rings. The van der Waals surface area contributed by atoms with Gasteiger partial charge < -0.3 is 31.8 Å². The van der Waals surface area contributed by atoms with Gasteiger partial charge >= 0.3 is 5.97 Å². The summed E-state index contributed by atoms with van der Waals surface area (Å²) in [5.74, 6) is -2.89. The van der Waals surface area contributed by atoms with Gasteiger partial charge in [0.05, 0.1) is 12.4 Å². The zero-order chi connectivity index (χ0) is 26.0. The Morgan fingerprint density at radius 1 is 0.914 bits per heavy atom. The number of amides is 3. The molecule has 1 aromatic carbocycles. The fraction of sp³-hybridized carbons (Fsp3) is 0.458. The molecule has 0 aliphatic carbocycles. The number of carbonyl (C=O) groups excluding carboxylic acids is 3. The third-order valence-electron chi connectivity index (χ3n) is 5.26. The molecule has 2 aromatic rings. The number of nitrogens with one attached hydrogen (secondary N) is 4. The topological polar surface area (TPSA) is 179 Å². The summed E-state index contributed by atoms with van der Waals surface area (Å²) >= 11 is 0. The molecule has 0 bridgehead atoms. The third-order valence-corrected chi connectivity index (χ3v) is 5.26. The number of hydrogen-bond acceptors (Lipinski definition) is 6. The first-order valence-electron chi connectivity index (χ1n) is 11.5. The molecule has 0 spiro atoms. The second kappa shape index (κ2) is 13.2. The second-order valence-electron chi connectivity index (χ2n) is 8.91. The normalized spacial score (nSPS) is 14.4. The Morgan fingerprint density at radius 2 is 1.49 bits per heavy atom. The van der Waals surface area contributed by atoms with Gasteiger partial charge in [-0.1, -0.05) is 44.2 Å². The van der Waals surface area contributed by atoms with Crippen molar-refractivity contribution in [2.75, 3.05) is 0 Å². The Bertz CT molecular complexity index is 978. The summed E-state index contributed by atoms with van der Waals surface area (Å²) in [6.45, 7) is 5.20. The Kier molecular flexibility index (Phi) is 10.4. The number of aliphatic carboxylic acids is 1. The van der Waals surface area contributed by atoms with Crippen LogP contribution in [0.25, 0.3) is 0 Å². The number of nitrogens with two attached hydrogens (primary N) is 1. The van der Waals surface area contributed by atoms with Crippen LogP contribution in [0.4, 0.5) is 0 Å². The number of benzene rings is 1. The van der Waals surface area contributed by atoms with Crippen LogP contribution in [0.5, 0.6) is 0 Å². The quantitative estimate of drug-likeness (QED) is 0.233. The summed E-state index contributed by atoms with van der Waals surface area (Å²) in [7, 11) is 0. The predicted octanol–water partition coefficient (Wildman–Crippen LogP) is 0.127. The number of aromatic amines is 1. The SMILES string of the molecule is CC(C)CC(NC(=O)C(Cc1ccccc1)NC(=O)C(Cc1cnc[nH]1)NC(=O)C(C)N)C(=O)O. The van der Waals surface area contributed by atoms with Crippen LogP contribution in [-0.4, -0.2) is 62.9 Å². The molecule has 2 rings (SSSR count). The van der Waals surface area contributed by atoms with Crippen LogP contribution in [-0.2, 0) is 32.0 Å². The van der Waals surface area contributed by atoms with Crippen LogP contribution in [0.15, 0.2) is 42.9 Å². The van der Waals surface area contributed by atoms with E-state index in [1.807, 2.05) is 19.9 Å². The molecule has 11 heteroatoms. The van der Waals surface area contributed by atoms with Gasteiger partial charge in [-0.05, 0) is 24.8 Å². The molecule has 0 radical (unpaired) electrons. The van der Waals surface area contributed by atoms with E-state index in [1.54, 1.807) is 24.3 Å². The average molecular weight is 487 g/mol. The van der Waals surface area contributed by atoms with Gasteiger partial charge in [0.25, 0.3) is 0 Å². The monoisotopic (exact) mass is 486 g/mol. The molecule has 0 saturated carbocycles. The fourth-order valence-corrected chi connectivity index (χ4v) is 3.43. The predicted molar refractivity (Wildman–Crippen MR) is 129 cm³/mol. The van der Waals surface area contributed by atoms with E-state index in [9.17, 15) is 24.3 Å². The molecular weight excluding hydrogens is 452 g/mol. The molecule has 7 N–H and O–H groups in total. The number of hydrogen-bond donors (Lipinski definition) is 6. The highest BCUT2D eigenvalue weighted by Crippen LogP contribution is 2.09. The van der Waals surface area contributed by atoms with Crippen LogP contribution >= 0.6 is 0 Å². The van der Waals surface area contributed by atoms with E-state index in [0.29, 0.717) is 5.69 Å². The summed E-state index contributed by atoms with van der Waals surface area (Å²) in [5, 5.41) is 17.4. The second-order valence-corrected chi connectivity index (χ2v) is 8.91. The van der Waals surface area contributed by atoms with E-state index < -0.39 is 47.9 Å². The zero-order valence-electron chi connectivity index (χ0n) is 20.2. The largest absolute Gasteiger partial charge is 0.480 e. The van der Waals surface area contributed by atoms with Crippen molar-refractivity contribution >= 4 is 23.7 Å². The molecule has 0 saturated heterocycles. The van der Waals surface area contributed by atoms with Gasteiger partial charge in [-0.2, -0.15) is 0 Å². The summed E-state index contributed by atoms with van der Waals surface area (Å²) < 4.78 is 0. The summed E-state index contributed by atoms with van der Waals surface area (Å²) in [6.07, 6.45) is 3.43. The van der Waals surface area contributed by atoms with E-state index in [2.05, 4.69) is 25.9 Å². The maximum absolute atomic E-state index is 13.2. The molecule has 1 aromatic heterocycles. The van der Waals surface area contributed by atoms with Gasteiger partial charge in [0.2, 0.25) is 17.7 Å². The van der Waals surface area contributed by atoms with Gasteiger partial charge in [0.15, 0.2) is 0 Å². The van der Waals surface area contributed by atoms with Crippen LogP contribution < -0.4 is 21.7 Å². The van der Waals surface area contributed by atoms with Crippen molar-refractivity contribution in [1.82, 2.24) is 25.9 Å². The summed E-state index contributed by atoms with van der Waals surface area (Å²) in [4.78, 5) is 57.1. The first-order valence-corrected chi connectivity index (χ1v) is 11.5. The van der Waals surface area contributed by atoms with Crippen molar-refractivity contribution in [2.45, 2.75) is 64.2 Å². The molecule has 1 heterocycles. The van der Waals surface area contributed by atoms with Gasteiger partial charge in [-0.15, -0.1) is 0 Å². The van der Waals surface area contributed by atoms with Crippen LogP contribution in [0.3, 0.4) is 0 Å². The van der Waals surface area contributed by atoms with E-state index in [1.165, 1.54) is 19.4 Å². The van der Waals surface area contributed by atoms with Crippen LogP contribution in [0.2, 0.25) is 0 Å². The number of nitrogens with zero attached hydrogens (tertiary/aromatic N) is 1. The number of rotatable bonds is 13. The number of imidazole rings is 1. The summed E-state index contributed by atoms with van der Waals surface area (Å²) in [6, 6.07) is 4.97. The molecule has 0 aliphatic heterocycles. The van der Waals surface area contributed by atoms with Gasteiger partial charge in [0.1, 0.15) is 18.1 Å². The minimum Gasteiger partial charge on any atom is -0.480 e. The van der Waals surface area contributed by atoms with Crippen molar-refractivity contribution in [1.29, 1.82) is 0 Å². The maximum atomic E-state index is 13.2. The minimum atomic E-state index is -1.15. The zero-order valence-corrected chi connectivity index (χ0v) is 20.2. The van der Waals surface area contributed by atoms with Crippen molar-refractivity contribution in [2.24, 2.45) is 11.7 Å². The highest BCUT2D eigenvalue weighted by atomic mass is 16.4. The lowest BCUT2D eigenvalue weighted by Crippen LogP contribution is -2.58. The standard InChI is InChI=1S/C24H34N6O5/c1-14(2)9-20(24(34)35)30-22(32)18(10-16-7-5-4-6-8-16)29-23(33)19(28-21(31)15(3)25)11-17-12-26-13-27-17/h4-8,12-15,18-20H,9-11,25H2,1-3H3,(H,26,27)(H,28,31)(H,29,33)(H,30,32)(H,34,35). The van der Waals surface area contributed by atoms with E-state index in [0.717, 1.165) is 5.56 Å². The first-order chi connectivity index (χ1) is 16.6. The highest BCUT2D eigenvalue weighted by Gasteiger charge is 2.30. The number of H-pyrrole nitrogens is 1. The Morgan fingerprint density at radius 3 is 2.00 bits per heavy atom. The minimum absolute atomic E-state index is 0.0332. The molecule has 190 valence electrons. The van der Waals surface area contributed by atoms with Gasteiger partial charge in [-0.25, -0.2) is 9.78 Å². The number of carboxylic acid groups (broad SMARTS) is 1. The molecule has 3 amide bonds. The lowest BCUT2D eigenvalue weighted by molar-refractivity contribution is -0.142. The van der Waals surface area contributed by atoms with Crippen LogP contribution in [0.1, 0.15) is 38.4 Å². The van der Waals surface area contributed by atoms with Gasteiger partial charge in [-0.3, -0.25) is 14.4 Å².